The summed E-state index contributed by atoms with van der Waals surface area (Å²) >= 11 is 7.51. The largest absolute Gasteiger partial charge is 0.254 e. The predicted octanol–water partition coefficient (Wildman–Crippen LogP) is 4.53. The number of nitrogens with zero attached hydrogens (tertiary/aromatic N) is 2. The van der Waals surface area contributed by atoms with Crippen molar-refractivity contribution < 1.29 is 0 Å². The lowest BCUT2D eigenvalue weighted by molar-refractivity contribution is 1.29. The van der Waals surface area contributed by atoms with Crippen LogP contribution in [0.4, 0.5) is 0 Å². The molecule has 0 fully saturated rings. The van der Waals surface area contributed by atoms with Crippen LogP contribution in [0.25, 0.3) is 21.1 Å². The fraction of sp³-hybridized carbons (Fsp3) is 0. The van der Waals surface area contributed by atoms with Gasteiger partial charge < -0.3 is 0 Å². The van der Waals surface area contributed by atoms with E-state index in [1.165, 1.54) is 0 Å². The lowest BCUT2D eigenvalue weighted by atomic mass is 10.2. The molecule has 0 saturated carbocycles. The molecule has 0 spiro atoms. The van der Waals surface area contributed by atoms with E-state index in [4.69, 9.17) is 11.6 Å². The topological polar surface area (TPSA) is 25.8 Å². The number of pyridine rings is 1. The van der Waals surface area contributed by atoms with E-state index in [0.29, 0.717) is 0 Å². The van der Waals surface area contributed by atoms with Crippen molar-refractivity contribution in [3.05, 3.63) is 59.9 Å². The van der Waals surface area contributed by atoms with Crippen molar-refractivity contribution in [2.45, 2.75) is 0 Å². The van der Waals surface area contributed by atoms with Crippen LogP contribution in [-0.2, 0) is 0 Å². The Bertz CT molecular complexity index is 647. The summed E-state index contributed by atoms with van der Waals surface area (Å²) in [6.45, 7) is 0. The molecule has 0 unspecified atom stereocenters. The Labute approximate surface area is 114 Å². The van der Waals surface area contributed by atoms with Gasteiger partial charge in [0.15, 0.2) is 0 Å². The van der Waals surface area contributed by atoms with E-state index in [2.05, 4.69) is 9.97 Å². The highest BCUT2D eigenvalue weighted by Gasteiger charge is 2.06. The fourth-order valence-electron chi connectivity index (χ4n) is 1.63. The smallest absolute Gasteiger partial charge is 0.142 e. The highest BCUT2D eigenvalue weighted by Crippen LogP contribution is 2.31. The number of aromatic nitrogens is 2. The first-order chi connectivity index (χ1) is 8.83. The minimum Gasteiger partial charge on any atom is -0.254 e. The molecule has 0 amide bonds. The van der Waals surface area contributed by atoms with Crippen molar-refractivity contribution in [2.75, 3.05) is 0 Å². The van der Waals surface area contributed by atoms with Gasteiger partial charge in [0.25, 0.3) is 0 Å². The average Bonchev–Trinajstić information content (AvgIpc) is 2.90. The molecule has 0 radical (unpaired) electrons. The number of hydrogen-bond donors (Lipinski definition) is 0. The molecule has 0 aliphatic rings. The summed E-state index contributed by atoms with van der Waals surface area (Å²) < 4.78 is 0. The molecule has 0 aliphatic heterocycles. The van der Waals surface area contributed by atoms with Crippen LogP contribution in [0.15, 0.2) is 54.9 Å². The number of rotatable bonds is 2. The second-order valence-corrected chi connectivity index (χ2v) is 5.22. The first-order valence-electron chi connectivity index (χ1n) is 5.46. The first-order valence-corrected chi connectivity index (χ1v) is 6.65. The van der Waals surface area contributed by atoms with Crippen molar-refractivity contribution in [1.29, 1.82) is 0 Å². The molecule has 2 nitrogen and oxygen atoms in total. The van der Waals surface area contributed by atoms with Crippen molar-refractivity contribution >= 4 is 22.9 Å². The molecule has 3 aromatic rings. The number of thiazole rings is 1. The molecule has 0 N–H and O–H groups in total. The van der Waals surface area contributed by atoms with E-state index in [1.54, 1.807) is 17.5 Å². The molecule has 1 aromatic carbocycles. The second kappa shape index (κ2) is 4.88. The number of benzene rings is 1. The van der Waals surface area contributed by atoms with Gasteiger partial charge >= 0.3 is 0 Å². The maximum Gasteiger partial charge on any atom is 0.142 e. The third-order valence-electron chi connectivity index (χ3n) is 2.52. The van der Waals surface area contributed by atoms with Crippen LogP contribution < -0.4 is 0 Å². The Morgan fingerprint density at radius 1 is 0.944 bits per heavy atom. The summed E-state index contributed by atoms with van der Waals surface area (Å²) in [4.78, 5) is 9.82. The Balaban J connectivity index is 1.97. The zero-order valence-electron chi connectivity index (χ0n) is 9.38. The average molecular weight is 273 g/mol. The van der Waals surface area contributed by atoms with Gasteiger partial charge in [0, 0.05) is 17.4 Å². The van der Waals surface area contributed by atoms with Gasteiger partial charge in [-0.15, -0.1) is 11.3 Å². The Morgan fingerprint density at radius 3 is 2.50 bits per heavy atom. The molecular weight excluding hydrogens is 264 g/mol. The molecule has 0 atom stereocenters. The van der Waals surface area contributed by atoms with E-state index in [0.717, 1.165) is 26.2 Å². The minimum absolute atomic E-state index is 0.744. The molecule has 0 bridgehead atoms. The molecule has 2 aromatic heterocycles. The van der Waals surface area contributed by atoms with Crippen LogP contribution in [0.5, 0.6) is 0 Å². The lowest BCUT2D eigenvalue weighted by Crippen LogP contribution is -1.78. The van der Waals surface area contributed by atoms with Gasteiger partial charge in [-0.25, -0.2) is 4.98 Å². The van der Waals surface area contributed by atoms with E-state index in [9.17, 15) is 0 Å². The Kier molecular flexibility index (Phi) is 3.09. The molecule has 4 heteroatoms. The van der Waals surface area contributed by atoms with Gasteiger partial charge in [0.05, 0.1) is 10.6 Å². The van der Waals surface area contributed by atoms with Crippen molar-refractivity contribution in [3.63, 3.8) is 0 Å². The van der Waals surface area contributed by atoms with Gasteiger partial charge in [-0.05, 0) is 29.8 Å². The van der Waals surface area contributed by atoms with Gasteiger partial charge in [0.1, 0.15) is 5.01 Å². The molecule has 0 aliphatic carbocycles. The SMILES string of the molecule is Clc1ccc(-c2cnc(-c3ccccn3)s2)cc1. The number of hydrogen-bond acceptors (Lipinski definition) is 3. The third-order valence-corrected chi connectivity index (χ3v) is 3.84. The first kappa shape index (κ1) is 11.4. The summed E-state index contributed by atoms with van der Waals surface area (Å²) in [5.41, 5.74) is 2.03. The monoisotopic (exact) mass is 272 g/mol. The normalized spacial score (nSPS) is 10.5. The van der Waals surface area contributed by atoms with E-state index < -0.39 is 0 Å². The third kappa shape index (κ3) is 2.28. The van der Waals surface area contributed by atoms with Gasteiger partial charge in [-0.1, -0.05) is 29.8 Å². The van der Waals surface area contributed by atoms with Crippen molar-refractivity contribution in [1.82, 2.24) is 9.97 Å². The summed E-state index contributed by atoms with van der Waals surface area (Å²) in [6, 6.07) is 13.6. The minimum atomic E-state index is 0.744. The van der Waals surface area contributed by atoms with Crippen LogP contribution >= 0.6 is 22.9 Å². The number of halogens is 1. The maximum atomic E-state index is 5.88. The summed E-state index contributed by atoms with van der Waals surface area (Å²) in [5.74, 6) is 0. The van der Waals surface area contributed by atoms with Crippen LogP contribution in [0.1, 0.15) is 0 Å². The zero-order valence-corrected chi connectivity index (χ0v) is 10.9. The van der Waals surface area contributed by atoms with Gasteiger partial charge in [-0.2, -0.15) is 0 Å². The Hall–Kier alpha value is -1.71. The standard InChI is InChI=1S/C14H9ClN2S/c15-11-6-4-10(5-7-11)13-9-17-14(18-13)12-3-1-2-8-16-12/h1-9H. The zero-order chi connectivity index (χ0) is 12.4. The van der Waals surface area contributed by atoms with Crippen molar-refractivity contribution in [3.8, 4) is 21.1 Å². The van der Waals surface area contributed by atoms with E-state index in [1.807, 2.05) is 48.7 Å². The Morgan fingerprint density at radius 2 is 1.78 bits per heavy atom. The second-order valence-electron chi connectivity index (χ2n) is 3.75. The molecule has 0 saturated heterocycles. The van der Waals surface area contributed by atoms with Crippen LogP contribution in [-0.4, -0.2) is 9.97 Å². The highest BCUT2D eigenvalue weighted by molar-refractivity contribution is 7.18. The van der Waals surface area contributed by atoms with Crippen molar-refractivity contribution in [2.24, 2.45) is 0 Å². The van der Waals surface area contributed by atoms with E-state index in [-0.39, 0.29) is 0 Å². The summed E-state index contributed by atoms with van der Waals surface area (Å²) in [7, 11) is 0. The van der Waals surface area contributed by atoms with Gasteiger partial charge in [0.2, 0.25) is 0 Å². The fourth-order valence-corrected chi connectivity index (χ4v) is 2.65. The van der Waals surface area contributed by atoms with Crippen LogP contribution in [0.2, 0.25) is 5.02 Å². The van der Waals surface area contributed by atoms with Crippen LogP contribution in [0, 0.1) is 0 Å². The quantitative estimate of drug-likeness (QED) is 0.685. The predicted molar refractivity (Wildman–Crippen MR) is 75.8 cm³/mol. The van der Waals surface area contributed by atoms with E-state index >= 15 is 0 Å². The van der Waals surface area contributed by atoms with Crippen LogP contribution in [0.3, 0.4) is 0 Å². The molecule has 3 rings (SSSR count). The molecule has 18 heavy (non-hydrogen) atoms. The van der Waals surface area contributed by atoms with Gasteiger partial charge in [-0.3, -0.25) is 4.98 Å². The molecular formula is C14H9ClN2S. The summed E-state index contributed by atoms with van der Waals surface area (Å²) in [5, 5.41) is 1.67. The lowest BCUT2D eigenvalue weighted by Gasteiger charge is -1.96. The molecule has 88 valence electrons. The summed E-state index contributed by atoms with van der Waals surface area (Å²) in [6.07, 6.45) is 3.65. The highest BCUT2D eigenvalue weighted by atomic mass is 35.5. The maximum absolute atomic E-state index is 5.88. The molecule has 2 heterocycles.